The van der Waals surface area contributed by atoms with E-state index in [0.717, 1.165) is 23.0 Å². The molecular weight excluding hydrogens is 272 g/mol. The summed E-state index contributed by atoms with van der Waals surface area (Å²) in [5, 5.41) is 14.7. The summed E-state index contributed by atoms with van der Waals surface area (Å²) in [6.07, 6.45) is 2.29. The molecule has 1 aromatic heterocycles. The minimum atomic E-state index is -1.16. The predicted octanol–water partition coefficient (Wildman–Crippen LogP) is 1.50. The highest BCUT2D eigenvalue weighted by molar-refractivity contribution is 5.91. The van der Waals surface area contributed by atoms with Crippen molar-refractivity contribution in [2.75, 3.05) is 5.32 Å². The number of hydrogen-bond donors (Lipinski definition) is 2. The fourth-order valence-electron chi connectivity index (χ4n) is 1.48. The zero-order valence-electron chi connectivity index (χ0n) is 10.0. The molecule has 2 N–H and O–H groups in total. The normalized spacial score (nSPS) is 10.3. The third-order valence-corrected chi connectivity index (χ3v) is 2.39. The van der Waals surface area contributed by atoms with Crippen LogP contribution in [0.15, 0.2) is 30.6 Å². The molecule has 0 radical (unpaired) electrons. The molecule has 0 aliphatic carbocycles. The van der Waals surface area contributed by atoms with E-state index in [9.17, 15) is 18.4 Å². The smallest absolute Gasteiger partial charge is 0.338 e. The molecule has 0 aliphatic heterocycles. The SMILES string of the molecule is O=C(Cn1cc(C(=O)O)cn1)Nc1ccc(F)c(F)c1. The van der Waals surface area contributed by atoms with E-state index < -0.39 is 23.5 Å². The van der Waals surface area contributed by atoms with Crippen molar-refractivity contribution in [1.82, 2.24) is 9.78 Å². The summed E-state index contributed by atoms with van der Waals surface area (Å²) in [7, 11) is 0. The number of hydrogen-bond acceptors (Lipinski definition) is 3. The van der Waals surface area contributed by atoms with Gasteiger partial charge in [-0.05, 0) is 12.1 Å². The zero-order valence-corrected chi connectivity index (χ0v) is 10.0. The fraction of sp³-hybridized carbons (Fsp3) is 0.0833. The molecule has 1 aromatic carbocycles. The topological polar surface area (TPSA) is 84.2 Å². The van der Waals surface area contributed by atoms with Crippen LogP contribution in [-0.4, -0.2) is 26.8 Å². The molecule has 0 atom stereocenters. The summed E-state index contributed by atoms with van der Waals surface area (Å²) < 4.78 is 26.8. The van der Waals surface area contributed by atoms with E-state index in [1.54, 1.807) is 0 Å². The standard InChI is InChI=1S/C12H9F2N3O3/c13-9-2-1-8(3-10(9)14)16-11(18)6-17-5-7(4-15-17)12(19)20/h1-5H,6H2,(H,16,18)(H,19,20). The summed E-state index contributed by atoms with van der Waals surface area (Å²) >= 11 is 0. The minimum absolute atomic E-state index is 0.0503. The lowest BCUT2D eigenvalue weighted by molar-refractivity contribution is -0.116. The first-order valence-corrected chi connectivity index (χ1v) is 5.46. The van der Waals surface area contributed by atoms with Crippen LogP contribution in [-0.2, 0) is 11.3 Å². The maximum atomic E-state index is 12.9. The van der Waals surface area contributed by atoms with Crippen LogP contribution in [0.5, 0.6) is 0 Å². The number of carboxylic acid groups (broad SMARTS) is 1. The first-order chi connectivity index (χ1) is 9.45. The lowest BCUT2D eigenvalue weighted by Gasteiger charge is -2.05. The number of nitrogens with zero attached hydrogens (tertiary/aromatic N) is 2. The molecule has 2 rings (SSSR count). The Kier molecular flexibility index (Phi) is 3.74. The highest BCUT2D eigenvalue weighted by Gasteiger charge is 2.10. The quantitative estimate of drug-likeness (QED) is 0.889. The molecule has 1 amide bonds. The number of carbonyl (C=O) groups excluding carboxylic acids is 1. The van der Waals surface area contributed by atoms with Crippen LogP contribution in [0.2, 0.25) is 0 Å². The monoisotopic (exact) mass is 281 g/mol. The van der Waals surface area contributed by atoms with Gasteiger partial charge in [-0.25, -0.2) is 13.6 Å². The van der Waals surface area contributed by atoms with Crippen molar-refractivity contribution in [1.29, 1.82) is 0 Å². The Hall–Kier alpha value is -2.77. The molecule has 1 heterocycles. The van der Waals surface area contributed by atoms with Gasteiger partial charge < -0.3 is 10.4 Å². The number of rotatable bonds is 4. The second kappa shape index (κ2) is 5.47. The number of aromatic nitrogens is 2. The molecule has 104 valence electrons. The van der Waals surface area contributed by atoms with Gasteiger partial charge in [-0.3, -0.25) is 9.48 Å². The number of amides is 1. The predicted molar refractivity (Wildman–Crippen MR) is 64.2 cm³/mol. The molecule has 6 nitrogen and oxygen atoms in total. The van der Waals surface area contributed by atoms with Crippen LogP contribution >= 0.6 is 0 Å². The second-order valence-electron chi connectivity index (χ2n) is 3.91. The van der Waals surface area contributed by atoms with Crippen molar-refractivity contribution in [2.24, 2.45) is 0 Å². The van der Waals surface area contributed by atoms with Crippen molar-refractivity contribution >= 4 is 17.6 Å². The minimum Gasteiger partial charge on any atom is -0.478 e. The van der Waals surface area contributed by atoms with Crippen molar-refractivity contribution in [2.45, 2.75) is 6.54 Å². The average molecular weight is 281 g/mol. The molecule has 0 saturated heterocycles. The van der Waals surface area contributed by atoms with E-state index in [1.165, 1.54) is 12.3 Å². The lowest BCUT2D eigenvalue weighted by atomic mass is 10.3. The maximum absolute atomic E-state index is 12.9. The van der Waals surface area contributed by atoms with E-state index in [0.29, 0.717) is 0 Å². The Morgan fingerprint density at radius 1 is 1.30 bits per heavy atom. The highest BCUT2D eigenvalue weighted by atomic mass is 19.2. The van der Waals surface area contributed by atoms with Gasteiger partial charge in [0.2, 0.25) is 5.91 Å². The number of benzene rings is 1. The van der Waals surface area contributed by atoms with Crippen molar-refractivity contribution in [3.8, 4) is 0 Å². The number of halogens is 2. The molecule has 0 fully saturated rings. The van der Waals surface area contributed by atoms with Crippen molar-refractivity contribution in [3.63, 3.8) is 0 Å². The Labute approximate surface area is 111 Å². The number of carbonyl (C=O) groups is 2. The van der Waals surface area contributed by atoms with Gasteiger partial charge in [0, 0.05) is 18.0 Å². The molecule has 8 heteroatoms. The Morgan fingerprint density at radius 2 is 2.05 bits per heavy atom. The van der Waals surface area contributed by atoms with Crippen LogP contribution in [0.25, 0.3) is 0 Å². The van der Waals surface area contributed by atoms with Gasteiger partial charge in [-0.1, -0.05) is 0 Å². The van der Waals surface area contributed by atoms with Crippen LogP contribution in [0, 0.1) is 11.6 Å². The third-order valence-electron chi connectivity index (χ3n) is 2.39. The van der Waals surface area contributed by atoms with Gasteiger partial charge in [0.05, 0.1) is 11.8 Å². The largest absolute Gasteiger partial charge is 0.478 e. The van der Waals surface area contributed by atoms with E-state index in [4.69, 9.17) is 5.11 Å². The first kappa shape index (κ1) is 13.7. The van der Waals surface area contributed by atoms with Gasteiger partial charge in [-0.2, -0.15) is 5.10 Å². The van der Waals surface area contributed by atoms with Gasteiger partial charge in [0.25, 0.3) is 0 Å². The lowest BCUT2D eigenvalue weighted by Crippen LogP contribution is -2.19. The summed E-state index contributed by atoms with van der Waals surface area (Å²) in [5.41, 5.74) is 0.0464. The molecule has 0 bridgehead atoms. The summed E-state index contributed by atoms with van der Waals surface area (Å²) in [6.45, 7) is -0.244. The zero-order chi connectivity index (χ0) is 14.7. The molecular formula is C12H9F2N3O3. The van der Waals surface area contributed by atoms with Crippen LogP contribution < -0.4 is 5.32 Å². The van der Waals surface area contributed by atoms with Crippen molar-refractivity contribution < 1.29 is 23.5 Å². The van der Waals surface area contributed by atoms with Crippen LogP contribution in [0.4, 0.5) is 14.5 Å². The Morgan fingerprint density at radius 3 is 2.65 bits per heavy atom. The summed E-state index contributed by atoms with van der Waals surface area (Å²) in [5.74, 6) is -3.79. The van der Waals surface area contributed by atoms with Gasteiger partial charge in [0.1, 0.15) is 6.54 Å². The molecule has 0 saturated carbocycles. The number of aromatic carboxylic acids is 1. The summed E-state index contributed by atoms with van der Waals surface area (Å²) in [6, 6.07) is 2.95. The summed E-state index contributed by atoms with van der Waals surface area (Å²) in [4.78, 5) is 22.3. The molecule has 20 heavy (non-hydrogen) atoms. The number of anilines is 1. The fourth-order valence-corrected chi connectivity index (χ4v) is 1.48. The van der Waals surface area contributed by atoms with E-state index in [1.807, 2.05) is 0 Å². The van der Waals surface area contributed by atoms with Gasteiger partial charge in [-0.15, -0.1) is 0 Å². The third kappa shape index (κ3) is 3.16. The molecule has 0 spiro atoms. The van der Waals surface area contributed by atoms with Crippen LogP contribution in [0.3, 0.4) is 0 Å². The molecule has 0 aliphatic rings. The average Bonchev–Trinajstić information content (AvgIpc) is 2.82. The van der Waals surface area contributed by atoms with Gasteiger partial charge in [0.15, 0.2) is 11.6 Å². The van der Waals surface area contributed by atoms with E-state index in [-0.39, 0.29) is 17.8 Å². The molecule has 0 unspecified atom stereocenters. The Bertz CT molecular complexity index is 670. The van der Waals surface area contributed by atoms with Gasteiger partial charge >= 0.3 is 5.97 Å². The maximum Gasteiger partial charge on any atom is 0.338 e. The second-order valence-corrected chi connectivity index (χ2v) is 3.91. The number of nitrogens with one attached hydrogen (secondary N) is 1. The number of carboxylic acids is 1. The Balaban J connectivity index is 2.01. The highest BCUT2D eigenvalue weighted by Crippen LogP contribution is 2.13. The first-order valence-electron chi connectivity index (χ1n) is 5.46. The van der Waals surface area contributed by atoms with E-state index >= 15 is 0 Å². The molecule has 2 aromatic rings. The van der Waals surface area contributed by atoms with Crippen LogP contribution in [0.1, 0.15) is 10.4 Å². The van der Waals surface area contributed by atoms with E-state index in [2.05, 4.69) is 10.4 Å². The van der Waals surface area contributed by atoms with Crippen molar-refractivity contribution in [3.05, 3.63) is 47.8 Å².